The topological polar surface area (TPSA) is 0 Å². The monoisotopic (exact) mass is 404 g/mol. The van der Waals surface area contributed by atoms with Crippen LogP contribution < -0.4 is 0 Å². The van der Waals surface area contributed by atoms with Crippen LogP contribution in [0.3, 0.4) is 0 Å². The molecule has 2 aromatic rings. The summed E-state index contributed by atoms with van der Waals surface area (Å²) >= 11 is 0. The molecule has 0 aliphatic heterocycles. The van der Waals surface area contributed by atoms with Crippen LogP contribution in [0, 0.1) is 0 Å². The minimum Gasteiger partial charge on any atom is -0.0616 e. The third kappa shape index (κ3) is 5.45. The van der Waals surface area contributed by atoms with Gasteiger partial charge in [-0.15, -0.1) is 0 Å². The van der Waals surface area contributed by atoms with Crippen molar-refractivity contribution in [3.05, 3.63) is 69.8 Å². The number of rotatable bonds is 2. The van der Waals surface area contributed by atoms with E-state index in [1.807, 2.05) is 0 Å². The van der Waals surface area contributed by atoms with Gasteiger partial charge in [0.25, 0.3) is 0 Å². The second-order valence-electron chi connectivity index (χ2n) is 12.9. The summed E-state index contributed by atoms with van der Waals surface area (Å²) in [5.41, 5.74) is 8.78. The average Bonchev–Trinajstić information content (AvgIpc) is 2.56. The summed E-state index contributed by atoms with van der Waals surface area (Å²) in [5, 5.41) is 0. The maximum absolute atomic E-state index is 2.39. The van der Waals surface area contributed by atoms with Gasteiger partial charge in [-0.25, -0.2) is 0 Å². The zero-order valence-corrected chi connectivity index (χ0v) is 21.6. The first-order valence-electron chi connectivity index (χ1n) is 11.4. The van der Waals surface area contributed by atoms with E-state index in [0.29, 0.717) is 0 Å². The van der Waals surface area contributed by atoms with Crippen molar-refractivity contribution >= 4 is 12.2 Å². The molecule has 0 unspecified atom stereocenters. The first kappa shape index (κ1) is 24.4. The standard InChI is InChI=1S/C30H44/c1-27(2,3)23-15-13-16-24(28(4,5)6)21(23)19-20-22-25(29(7,8)9)17-14-18-26(22)30(10,11)12/h13-20H,1-12H3/b20-19+. The Labute approximate surface area is 186 Å². The highest BCUT2D eigenvalue weighted by molar-refractivity contribution is 5.77. The Hall–Kier alpha value is -1.82. The van der Waals surface area contributed by atoms with Gasteiger partial charge >= 0.3 is 0 Å². The molecule has 0 amide bonds. The molecule has 0 heterocycles. The van der Waals surface area contributed by atoms with Crippen molar-refractivity contribution in [3.8, 4) is 0 Å². The fraction of sp³-hybridized carbons (Fsp3) is 0.533. The van der Waals surface area contributed by atoms with Crippen LogP contribution in [0.2, 0.25) is 0 Å². The maximum Gasteiger partial charge on any atom is -0.0126 e. The van der Waals surface area contributed by atoms with Crippen molar-refractivity contribution in [2.24, 2.45) is 0 Å². The molecule has 0 aliphatic carbocycles. The van der Waals surface area contributed by atoms with Gasteiger partial charge in [-0.2, -0.15) is 0 Å². The Morgan fingerprint density at radius 1 is 0.400 bits per heavy atom. The van der Waals surface area contributed by atoms with Gasteiger partial charge in [0.2, 0.25) is 0 Å². The summed E-state index contributed by atoms with van der Waals surface area (Å²) in [7, 11) is 0. The normalized spacial score (nSPS) is 13.9. The maximum atomic E-state index is 2.39. The molecule has 0 nitrogen and oxygen atoms in total. The second-order valence-corrected chi connectivity index (χ2v) is 12.9. The Balaban J connectivity index is 2.83. The van der Waals surface area contributed by atoms with Gasteiger partial charge in [-0.05, 0) is 55.0 Å². The van der Waals surface area contributed by atoms with E-state index < -0.39 is 0 Å². The predicted molar refractivity (Wildman–Crippen MR) is 137 cm³/mol. The van der Waals surface area contributed by atoms with Gasteiger partial charge < -0.3 is 0 Å². The highest BCUT2D eigenvalue weighted by atomic mass is 14.3. The fourth-order valence-corrected chi connectivity index (χ4v) is 4.27. The van der Waals surface area contributed by atoms with E-state index in [4.69, 9.17) is 0 Å². The largest absolute Gasteiger partial charge is 0.0616 e. The number of hydrogen-bond donors (Lipinski definition) is 0. The molecule has 164 valence electrons. The van der Waals surface area contributed by atoms with Crippen LogP contribution in [0.1, 0.15) is 116 Å². The quantitative estimate of drug-likeness (QED) is 0.438. The van der Waals surface area contributed by atoms with E-state index >= 15 is 0 Å². The Morgan fingerprint density at radius 2 is 0.600 bits per heavy atom. The molecule has 0 N–H and O–H groups in total. The molecule has 30 heavy (non-hydrogen) atoms. The summed E-state index contributed by atoms with van der Waals surface area (Å²) in [4.78, 5) is 0. The van der Waals surface area contributed by atoms with Crippen molar-refractivity contribution in [2.75, 3.05) is 0 Å². The SMILES string of the molecule is CC(C)(C)c1cccc(C(C)(C)C)c1/C=C/c1c(C(C)(C)C)cccc1C(C)(C)C. The summed E-state index contributed by atoms with van der Waals surface area (Å²) in [5.74, 6) is 0. The Bertz CT molecular complexity index is 768. The Morgan fingerprint density at radius 3 is 0.767 bits per heavy atom. The van der Waals surface area contributed by atoms with E-state index in [1.165, 1.54) is 33.4 Å². The van der Waals surface area contributed by atoms with Gasteiger partial charge in [0.1, 0.15) is 0 Å². The smallest absolute Gasteiger partial charge is 0.0126 e. The van der Waals surface area contributed by atoms with Crippen molar-refractivity contribution in [3.63, 3.8) is 0 Å². The lowest BCUT2D eigenvalue weighted by Crippen LogP contribution is -2.20. The van der Waals surface area contributed by atoms with E-state index in [1.54, 1.807) is 0 Å². The lowest BCUT2D eigenvalue weighted by Gasteiger charge is -2.30. The van der Waals surface area contributed by atoms with Gasteiger partial charge in [0, 0.05) is 0 Å². The second kappa shape index (κ2) is 8.03. The zero-order chi connectivity index (χ0) is 23.1. The van der Waals surface area contributed by atoms with Crippen molar-refractivity contribution in [1.29, 1.82) is 0 Å². The highest BCUT2D eigenvalue weighted by Crippen LogP contribution is 2.38. The summed E-state index contributed by atoms with van der Waals surface area (Å²) in [6.45, 7) is 27.8. The van der Waals surface area contributed by atoms with Crippen LogP contribution in [-0.2, 0) is 21.7 Å². The van der Waals surface area contributed by atoms with Crippen LogP contribution in [-0.4, -0.2) is 0 Å². The molecule has 0 bridgehead atoms. The molecule has 0 atom stereocenters. The fourth-order valence-electron chi connectivity index (χ4n) is 4.27. The number of benzene rings is 2. The molecule has 0 radical (unpaired) electrons. The summed E-state index contributed by atoms with van der Waals surface area (Å²) in [6.07, 6.45) is 4.78. The molecule has 0 fully saturated rings. The third-order valence-electron chi connectivity index (χ3n) is 5.86. The summed E-state index contributed by atoms with van der Waals surface area (Å²) < 4.78 is 0. The molecule has 0 saturated carbocycles. The molecule has 0 heteroatoms. The van der Waals surface area contributed by atoms with Crippen LogP contribution in [0.15, 0.2) is 36.4 Å². The Kier molecular flexibility index (Phi) is 6.54. The molecule has 0 saturated heterocycles. The van der Waals surface area contributed by atoms with Gasteiger partial charge in [-0.1, -0.05) is 132 Å². The number of hydrogen-bond acceptors (Lipinski definition) is 0. The minimum atomic E-state index is 0.0946. The van der Waals surface area contributed by atoms with Crippen LogP contribution in [0.25, 0.3) is 12.2 Å². The molecule has 0 spiro atoms. The predicted octanol–water partition coefficient (Wildman–Crippen LogP) is 9.05. The third-order valence-corrected chi connectivity index (χ3v) is 5.86. The minimum absolute atomic E-state index is 0.0946. The molecule has 0 aromatic heterocycles. The molecular formula is C30H44. The average molecular weight is 405 g/mol. The van der Waals surface area contributed by atoms with E-state index in [2.05, 4.69) is 132 Å². The van der Waals surface area contributed by atoms with Crippen LogP contribution >= 0.6 is 0 Å². The van der Waals surface area contributed by atoms with Gasteiger partial charge in [0.15, 0.2) is 0 Å². The lowest BCUT2D eigenvalue weighted by molar-refractivity contribution is 0.565. The zero-order valence-electron chi connectivity index (χ0n) is 21.6. The molecule has 0 aliphatic rings. The molecule has 2 aromatic carbocycles. The van der Waals surface area contributed by atoms with Crippen molar-refractivity contribution in [2.45, 2.75) is 105 Å². The molecular weight excluding hydrogens is 360 g/mol. The van der Waals surface area contributed by atoms with Crippen LogP contribution in [0.5, 0.6) is 0 Å². The van der Waals surface area contributed by atoms with E-state index in [0.717, 1.165) is 0 Å². The van der Waals surface area contributed by atoms with Gasteiger partial charge in [-0.3, -0.25) is 0 Å². The van der Waals surface area contributed by atoms with E-state index in [-0.39, 0.29) is 21.7 Å². The van der Waals surface area contributed by atoms with Crippen LogP contribution in [0.4, 0.5) is 0 Å². The van der Waals surface area contributed by atoms with E-state index in [9.17, 15) is 0 Å². The molecule has 2 rings (SSSR count). The van der Waals surface area contributed by atoms with Crippen molar-refractivity contribution in [1.82, 2.24) is 0 Å². The summed E-state index contributed by atoms with van der Waals surface area (Å²) in [6, 6.07) is 13.7. The van der Waals surface area contributed by atoms with Crippen molar-refractivity contribution < 1.29 is 0 Å². The lowest BCUT2D eigenvalue weighted by atomic mass is 9.74. The highest BCUT2D eigenvalue weighted by Gasteiger charge is 2.26. The van der Waals surface area contributed by atoms with Gasteiger partial charge in [0.05, 0.1) is 0 Å². The first-order chi connectivity index (χ1) is 13.4. The first-order valence-corrected chi connectivity index (χ1v) is 11.4.